The molecular weight excluding hydrogens is 392 g/mol. The van der Waals surface area contributed by atoms with E-state index in [-0.39, 0.29) is 5.91 Å². The minimum absolute atomic E-state index is 0.277. The molecule has 0 aliphatic rings. The van der Waals surface area contributed by atoms with Crippen molar-refractivity contribution in [1.82, 2.24) is 5.43 Å². The molecule has 6 heteroatoms. The first-order valence-electron chi connectivity index (χ1n) is 10.0. The molecule has 160 valence electrons. The number of benzene rings is 3. The number of rotatable bonds is 9. The van der Waals surface area contributed by atoms with E-state index in [1.165, 1.54) is 0 Å². The maximum Gasteiger partial charge on any atom is 0.271 e. The topological polar surface area (TPSA) is 69.2 Å². The molecule has 0 radical (unpaired) electrons. The number of hydrazone groups is 1. The highest BCUT2D eigenvalue weighted by Gasteiger charge is 2.06. The lowest BCUT2D eigenvalue weighted by Crippen LogP contribution is -2.19. The molecule has 0 spiro atoms. The predicted octanol–water partition coefficient (Wildman–Crippen LogP) is 4.83. The van der Waals surface area contributed by atoms with Gasteiger partial charge in [-0.05, 0) is 67.9 Å². The molecule has 0 saturated heterocycles. The summed E-state index contributed by atoms with van der Waals surface area (Å²) in [4.78, 5) is 12.4. The van der Waals surface area contributed by atoms with Crippen molar-refractivity contribution >= 4 is 11.6 Å². The Bertz CT molecular complexity index is 1030. The van der Waals surface area contributed by atoms with Gasteiger partial charge in [-0.25, -0.2) is 5.43 Å². The maximum atomic E-state index is 12.4. The van der Waals surface area contributed by atoms with Gasteiger partial charge in [0.15, 0.2) is 0 Å². The third kappa shape index (κ3) is 6.34. The Kier molecular flexibility index (Phi) is 7.65. The van der Waals surface area contributed by atoms with Crippen LogP contribution in [-0.4, -0.2) is 25.3 Å². The lowest BCUT2D eigenvalue weighted by Gasteiger charge is -2.08. The molecule has 31 heavy (non-hydrogen) atoms. The largest absolute Gasteiger partial charge is 0.497 e. The van der Waals surface area contributed by atoms with Crippen LogP contribution in [0.4, 0.5) is 0 Å². The van der Waals surface area contributed by atoms with Crippen LogP contribution in [-0.2, 0) is 6.61 Å². The minimum Gasteiger partial charge on any atom is -0.497 e. The van der Waals surface area contributed by atoms with Crippen LogP contribution in [0.25, 0.3) is 0 Å². The smallest absolute Gasteiger partial charge is 0.271 e. The molecule has 0 aliphatic heterocycles. The predicted molar refractivity (Wildman–Crippen MR) is 121 cm³/mol. The molecule has 0 fully saturated rings. The average Bonchev–Trinajstić information content (AvgIpc) is 2.82. The fraction of sp³-hybridized carbons (Fsp3) is 0.200. The zero-order valence-corrected chi connectivity index (χ0v) is 17.9. The van der Waals surface area contributed by atoms with Gasteiger partial charge >= 0.3 is 0 Å². The van der Waals surface area contributed by atoms with Crippen LogP contribution in [0.1, 0.15) is 35.3 Å². The van der Waals surface area contributed by atoms with Crippen molar-refractivity contribution in [2.75, 3.05) is 13.7 Å². The van der Waals surface area contributed by atoms with E-state index in [2.05, 4.69) is 10.5 Å². The van der Waals surface area contributed by atoms with Crippen LogP contribution < -0.4 is 19.6 Å². The second-order valence-corrected chi connectivity index (χ2v) is 6.76. The highest BCUT2D eigenvalue weighted by molar-refractivity contribution is 6.01. The van der Waals surface area contributed by atoms with E-state index in [9.17, 15) is 4.79 Å². The number of amides is 1. The Balaban J connectivity index is 1.54. The lowest BCUT2D eigenvalue weighted by atomic mass is 10.1. The average molecular weight is 418 g/mol. The van der Waals surface area contributed by atoms with Gasteiger partial charge in [0.25, 0.3) is 5.91 Å². The molecule has 6 nitrogen and oxygen atoms in total. The number of nitrogens with zero attached hydrogens (tertiary/aromatic N) is 1. The number of hydrogen-bond acceptors (Lipinski definition) is 5. The first-order chi connectivity index (χ1) is 15.1. The van der Waals surface area contributed by atoms with E-state index in [0.717, 1.165) is 28.4 Å². The van der Waals surface area contributed by atoms with Crippen molar-refractivity contribution < 1.29 is 19.0 Å². The van der Waals surface area contributed by atoms with Gasteiger partial charge in [-0.2, -0.15) is 5.10 Å². The molecular formula is C25H26N2O4. The molecule has 0 unspecified atom stereocenters. The van der Waals surface area contributed by atoms with Crippen LogP contribution in [0.15, 0.2) is 77.9 Å². The maximum absolute atomic E-state index is 12.4. The van der Waals surface area contributed by atoms with Gasteiger partial charge in [-0.1, -0.05) is 24.3 Å². The van der Waals surface area contributed by atoms with Crippen molar-refractivity contribution in [3.63, 3.8) is 0 Å². The number of methoxy groups -OCH3 is 1. The monoisotopic (exact) mass is 418 g/mol. The van der Waals surface area contributed by atoms with Gasteiger partial charge in [0.05, 0.1) is 19.4 Å². The van der Waals surface area contributed by atoms with Gasteiger partial charge in [-0.3, -0.25) is 4.79 Å². The molecule has 0 aliphatic carbocycles. The Morgan fingerprint density at radius 3 is 2.19 bits per heavy atom. The Morgan fingerprint density at radius 2 is 1.55 bits per heavy atom. The van der Waals surface area contributed by atoms with Crippen molar-refractivity contribution in [2.24, 2.45) is 5.10 Å². The molecule has 1 amide bonds. The van der Waals surface area contributed by atoms with E-state index in [1.54, 1.807) is 19.2 Å². The standard InChI is InChI=1S/C25H26N2O4/c1-4-30-22-12-14-23(15-13-22)31-17-19-8-10-20(11-9-19)25(28)27-26-18(2)21-6-5-7-24(16-21)29-3/h5-16H,4,17H2,1-3H3,(H,27,28)/b26-18-. The summed E-state index contributed by atoms with van der Waals surface area (Å²) < 4.78 is 16.4. The van der Waals surface area contributed by atoms with Crippen LogP contribution in [0, 0.1) is 0 Å². The van der Waals surface area contributed by atoms with E-state index >= 15 is 0 Å². The first-order valence-corrected chi connectivity index (χ1v) is 10.0. The summed E-state index contributed by atoms with van der Waals surface area (Å²) in [6.07, 6.45) is 0. The summed E-state index contributed by atoms with van der Waals surface area (Å²) in [5, 5.41) is 4.19. The molecule has 0 aromatic heterocycles. The van der Waals surface area contributed by atoms with Gasteiger partial charge in [0, 0.05) is 11.1 Å². The third-order valence-corrected chi connectivity index (χ3v) is 4.57. The second kappa shape index (κ2) is 10.8. The highest BCUT2D eigenvalue weighted by atomic mass is 16.5. The number of carbonyl (C=O) groups is 1. The molecule has 0 saturated carbocycles. The van der Waals surface area contributed by atoms with Crippen LogP contribution >= 0.6 is 0 Å². The molecule has 3 aromatic carbocycles. The van der Waals surface area contributed by atoms with Gasteiger partial charge in [-0.15, -0.1) is 0 Å². The zero-order chi connectivity index (χ0) is 22.1. The quantitative estimate of drug-likeness (QED) is 0.399. The Morgan fingerprint density at radius 1 is 0.871 bits per heavy atom. The van der Waals surface area contributed by atoms with Crippen LogP contribution in [0.5, 0.6) is 17.2 Å². The molecule has 0 heterocycles. The summed E-state index contributed by atoms with van der Waals surface area (Å²) in [6, 6.07) is 22.2. The van der Waals surface area contributed by atoms with E-state index in [4.69, 9.17) is 14.2 Å². The normalized spacial score (nSPS) is 11.0. The van der Waals surface area contributed by atoms with E-state index in [1.807, 2.05) is 74.5 Å². The number of carbonyl (C=O) groups excluding carboxylic acids is 1. The summed E-state index contributed by atoms with van der Waals surface area (Å²) in [5.41, 5.74) is 5.64. The van der Waals surface area contributed by atoms with Crippen LogP contribution in [0.3, 0.4) is 0 Å². The van der Waals surface area contributed by atoms with Gasteiger partial charge in [0.2, 0.25) is 0 Å². The Hall–Kier alpha value is -3.80. The van der Waals surface area contributed by atoms with Crippen molar-refractivity contribution in [3.8, 4) is 17.2 Å². The van der Waals surface area contributed by atoms with E-state index in [0.29, 0.717) is 24.5 Å². The third-order valence-electron chi connectivity index (χ3n) is 4.57. The highest BCUT2D eigenvalue weighted by Crippen LogP contribution is 2.19. The SMILES string of the molecule is CCOc1ccc(OCc2ccc(C(=O)N/N=C(/C)c3cccc(OC)c3)cc2)cc1. The summed E-state index contributed by atoms with van der Waals surface area (Å²) in [7, 11) is 1.61. The van der Waals surface area contributed by atoms with Crippen molar-refractivity contribution in [3.05, 3.63) is 89.5 Å². The fourth-order valence-corrected chi connectivity index (χ4v) is 2.83. The second-order valence-electron chi connectivity index (χ2n) is 6.76. The zero-order valence-electron chi connectivity index (χ0n) is 17.9. The summed E-state index contributed by atoms with van der Waals surface area (Å²) in [6.45, 7) is 4.81. The number of nitrogens with one attached hydrogen (secondary N) is 1. The number of ether oxygens (including phenoxy) is 3. The molecule has 0 bridgehead atoms. The van der Waals surface area contributed by atoms with Gasteiger partial charge < -0.3 is 14.2 Å². The summed E-state index contributed by atoms with van der Waals surface area (Å²) in [5.74, 6) is 2.03. The van der Waals surface area contributed by atoms with E-state index < -0.39 is 0 Å². The minimum atomic E-state index is -0.277. The molecule has 0 atom stereocenters. The molecule has 3 aromatic rings. The number of hydrogen-bond donors (Lipinski definition) is 1. The van der Waals surface area contributed by atoms with Crippen LogP contribution in [0.2, 0.25) is 0 Å². The lowest BCUT2D eigenvalue weighted by molar-refractivity contribution is 0.0955. The molecule has 3 rings (SSSR count). The Labute approximate surface area is 182 Å². The first kappa shape index (κ1) is 21.9. The molecule has 1 N–H and O–H groups in total. The summed E-state index contributed by atoms with van der Waals surface area (Å²) >= 11 is 0. The fourth-order valence-electron chi connectivity index (χ4n) is 2.83. The van der Waals surface area contributed by atoms with Gasteiger partial charge in [0.1, 0.15) is 23.9 Å². The van der Waals surface area contributed by atoms with Crippen molar-refractivity contribution in [2.45, 2.75) is 20.5 Å². The van der Waals surface area contributed by atoms with Crippen molar-refractivity contribution in [1.29, 1.82) is 0 Å².